The molecule has 1 aromatic rings. The van der Waals surface area contributed by atoms with Crippen LogP contribution < -0.4 is 5.73 Å². The van der Waals surface area contributed by atoms with Gasteiger partial charge in [-0.05, 0) is 12.1 Å². The molecule has 2 aliphatic heterocycles. The first-order chi connectivity index (χ1) is 10.2. The smallest absolute Gasteiger partial charge is 0.233 e. The summed E-state index contributed by atoms with van der Waals surface area (Å²) < 4.78 is 5.35. The maximum atomic E-state index is 12.1. The predicted octanol–water partition coefficient (Wildman–Crippen LogP) is 1.77. The van der Waals surface area contributed by atoms with Gasteiger partial charge in [-0.15, -0.1) is 11.8 Å². The summed E-state index contributed by atoms with van der Waals surface area (Å²) in [4.78, 5) is 13.4. The zero-order chi connectivity index (χ0) is 15.0. The fourth-order valence-corrected chi connectivity index (χ4v) is 3.60. The molecule has 1 fully saturated rings. The number of carbonyl (C=O) groups is 1. The third-order valence-corrected chi connectivity index (χ3v) is 4.48. The van der Waals surface area contributed by atoms with Crippen LogP contribution in [-0.4, -0.2) is 16.6 Å². The first-order valence-electron chi connectivity index (χ1n) is 6.22. The summed E-state index contributed by atoms with van der Waals surface area (Å²) in [6.45, 7) is 0. The van der Waals surface area contributed by atoms with Crippen LogP contribution in [0.25, 0.3) is 0 Å². The molecule has 2 N–H and O–H groups in total. The van der Waals surface area contributed by atoms with Crippen molar-refractivity contribution in [2.45, 2.75) is 12.3 Å². The lowest BCUT2D eigenvalue weighted by atomic mass is 9.87. The number of allylic oxidation sites excluding steroid dienone is 2. The Morgan fingerprint density at radius 1 is 1.38 bits per heavy atom. The van der Waals surface area contributed by atoms with E-state index in [2.05, 4.69) is 6.07 Å². The Morgan fingerprint density at radius 3 is 2.76 bits per heavy atom. The number of hydrogen-bond donors (Lipinski definition) is 1. The molecule has 1 amide bonds. The van der Waals surface area contributed by atoms with Gasteiger partial charge >= 0.3 is 0 Å². The van der Waals surface area contributed by atoms with Crippen molar-refractivity contribution in [1.82, 2.24) is 4.90 Å². The Hall–Kier alpha value is -2.64. The van der Waals surface area contributed by atoms with Crippen molar-refractivity contribution < 1.29 is 9.21 Å². The molecule has 7 heteroatoms. The Labute approximate surface area is 125 Å². The highest BCUT2D eigenvalue weighted by molar-refractivity contribution is 8.03. The molecule has 104 valence electrons. The van der Waals surface area contributed by atoms with Gasteiger partial charge in [-0.25, -0.2) is 0 Å². The van der Waals surface area contributed by atoms with Gasteiger partial charge in [0, 0.05) is 12.2 Å². The van der Waals surface area contributed by atoms with E-state index in [-0.39, 0.29) is 17.3 Å². The highest BCUT2D eigenvalue weighted by atomic mass is 32.2. The molecular formula is C14H10N4O2S. The number of nitriles is 2. The summed E-state index contributed by atoms with van der Waals surface area (Å²) in [5, 5.41) is 19.4. The van der Waals surface area contributed by atoms with Crippen molar-refractivity contribution in [3.05, 3.63) is 46.2 Å². The average molecular weight is 298 g/mol. The van der Waals surface area contributed by atoms with Gasteiger partial charge in [0.05, 0.1) is 40.5 Å². The Kier molecular flexibility index (Phi) is 3.20. The lowest BCUT2D eigenvalue weighted by molar-refractivity contribution is -0.127. The molecule has 1 atom stereocenters. The maximum absolute atomic E-state index is 12.1. The van der Waals surface area contributed by atoms with Crippen LogP contribution in [0.2, 0.25) is 0 Å². The zero-order valence-electron chi connectivity index (χ0n) is 10.9. The summed E-state index contributed by atoms with van der Waals surface area (Å²) in [5.41, 5.74) is 6.51. The number of hydrogen-bond acceptors (Lipinski definition) is 6. The molecule has 0 aromatic carbocycles. The number of nitrogens with zero attached hydrogens (tertiary/aromatic N) is 3. The van der Waals surface area contributed by atoms with Crippen LogP contribution in [0.4, 0.5) is 0 Å². The van der Waals surface area contributed by atoms with E-state index in [1.165, 1.54) is 22.9 Å². The second-order valence-corrected chi connectivity index (χ2v) is 5.60. The van der Waals surface area contributed by atoms with Crippen LogP contribution in [0.3, 0.4) is 0 Å². The average Bonchev–Trinajstić information content (AvgIpc) is 3.00. The predicted molar refractivity (Wildman–Crippen MR) is 74.8 cm³/mol. The SMILES string of the molecule is N#CC1=C(N)N2C(=O)CCSC2=C(C#N)[C@@H]1c1ccco1. The minimum Gasteiger partial charge on any atom is -0.468 e. The van der Waals surface area contributed by atoms with Crippen LogP contribution in [0.5, 0.6) is 0 Å². The van der Waals surface area contributed by atoms with Crippen molar-refractivity contribution in [2.75, 3.05) is 5.75 Å². The second kappa shape index (κ2) is 5.04. The van der Waals surface area contributed by atoms with Gasteiger partial charge < -0.3 is 10.2 Å². The zero-order valence-corrected chi connectivity index (χ0v) is 11.7. The van der Waals surface area contributed by atoms with Crippen LogP contribution in [0.15, 0.2) is 44.8 Å². The Bertz CT molecular complexity index is 749. The summed E-state index contributed by atoms with van der Waals surface area (Å²) in [6, 6.07) is 7.51. The minimum absolute atomic E-state index is 0.0881. The molecule has 0 bridgehead atoms. The number of carbonyl (C=O) groups excluding carboxylic acids is 1. The van der Waals surface area contributed by atoms with E-state index in [0.29, 0.717) is 28.5 Å². The van der Waals surface area contributed by atoms with Gasteiger partial charge in [-0.2, -0.15) is 10.5 Å². The van der Waals surface area contributed by atoms with E-state index in [0.717, 1.165) is 0 Å². The van der Waals surface area contributed by atoms with Gasteiger partial charge in [0.25, 0.3) is 0 Å². The summed E-state index contributed by atoms with van der Waals surface area (Å²) in [5.74, 6) is 0.303. The first-order valence-corrected chi connectivity index (χ1v) is 7.20. The van der Waals surface area contributed by atoms with Crippen molar-refractivity contribution in [2.24, 2.45) is 5.73 Å². The van der Waals surface area contributed by atoms with Gasteiger partial charge in [-0.1, -0.05) is 0 Å². The molecule has 3 rings (SSSR count). The highest BCUT2D eigenvalue weighted by Gasteiger charge is 2.41. The van der Waals surface area contributed by atoms with E-state index in [9.17, 15) is 15.3 Å². The van der Waals surface area contributed by atoms with E-state index in [4.69, 9.17) is 10.2 Å². The van der Waals surface area contributed by atoms with Gasteiger partial charge in [0.2, 0.25) is 5.91 Å². The van der Waals surface area contributed by atoms with Gasteiger partial charge in [-0.3, -0.25) is 9.69 Å². The minimum atomic E-state index is -0.653. The largest absolute Gasteiger partial charge is 0.468 e. The van der Waals surface area contributed by atoms with Crippen LogP contribution in [0, 0.1) is 22.7 Å². The quantitative estimate of drug-likeness (QED) is 0.846. The normalized spacial score (nSPS) is 21.9. The van der Waals surface area contributed by atoms with Crippen molar-refractivity contribution >= 4 is 17.7 Å². The van der Waals surface area contributed by atoms with Crippen LogP contribution >= 0.6 is 11.8 Å². The molecule has 0 unspecified atom stereocenters. The Balaban J connectivity index is 2.25. The molecule has 1 aromatic heterocycles. The van der Waals surface area contributed by atoms with Gasteiger partial charge in [0.15, 0.2) is 0 Å². The highest BCUT2D eigenvalue weighted by Crippen LogP contribution is 2.45. The molecule has 0 saturated carbocycles. The fraction of sp³-hybridized carbons (Fsp3) is 0.214. The topological polar surface area (TPSA) is 107 Å². The van der Waals surface area contributed by atoms with E-state index >= 15 is 0 Å². The van der Waals surface area contributed by atoms with E-state index in [1.54, 1.807) is 12.1 Å². The molecule has 3 heterocycles. The molecule has 0 radical (unpaired) electrons. The van der Waals surface area contributed by atoms with Crippen LogP contribution in [-0.2, 0) is 4.79 Å². The lowest BCUT2D eigenvalue weighted by Gasteiger charge is -2.35. The number of furan rings is 1. The molecule has 0 spiro atoms. The van der Waals surface area contributed by atoms with E-state index < -0.39 is 5.92 Å². The summed E-state index contributed by atoms with van der Waals surface area (Å²) >= 11 is 1.40. The van der Waals surface area contributed by atoms with Crippen molar-refractivity contribution in [1.29, 1.82) is 10.5 Å². The number of nitrogens with two attached hydrogens (primary N) is 1. The second-order valence-electron chi connectivity index (χ2n) is 4.52. The molecule has 2 aliphatic rings. The number of thioether (sulfide) groups is 1. The van der Waals surface area contributed by atoms with Crippen LogP contribution in [0.1, 0.15) is 18.1 Å². The monoisotopic (exact) mass is 298 g/mol. The van der Waals surface area contributed by atoms with E-state index in [1.807, 2.05) is 6.07 Å². The van der Waals surface area contributed by atoms with Crippen molar-refractivity contribution in [3.8, 4) is 12.1 Å². The Morgan fingerprint density at radius 2 is 2.14 bits per heavy atom. The molecule has 0 aliphatic carbocycles. The standard InChI is InChI=1S/C14H10N4O2S/c15-6-8-12(10-2-1-4-20-10)9(7-16)14-18(13(8)17)11(19)3-5-21-14/h1-2,4,12H,3,5,17H2/t12-/m1/s1. The third-order valence-electron chi connectivity index (χ3n) is 3.40. The molecule has 6 nitrogen and oxygen atoms in total. The number of rotatable bonds is 1. The molecular weight excluding hydrogens is 288 g/mol. The van der Waals surface area contributed by atoms with Crippen molar-refractivity contribution in [3.63, 3.8) is 0 Å². The fourth-order valence-electron chi connectivity index (χ4n) is 2.48. The first kappa shape index (κ1) is 13.3. The molecule has 21 heavy (non-hydrogen) atoms. The third kappa shape index (κ3) is 1.91. The number of amides is 1. The molecule has 1 saturated heterocycles. The summed E-state index contributed by atoms with van der Waals surface area (Å²) in [6.07, 6.45) is 1.81. The lowest BCUT2D eigenvalue weighted by Crippen LogP contribution is -2.40. The number of fused-ring (bicyclic) bond motifs is 1. The summed E-state index contributed by atoms with van der Waals surface area (Å²) in [7, 11) is 0. The van der Waals surface area contributed by atoms with Gasteiger partial charge in [0.1, 0.15) is 11.6 Å². The maximum Gasteiger partial charge on any atom is 0.233 e.